The molecule has 0 saturated heterocycles. The van der Waals surface area contributed by atoms with Gasteiger partial charge >= 0.3 is 0 Å². The minimum atomic E-state index is 0.0756. The fourth-order valence-electron chi connectivity index (χ4n) is 1.34. The first-order valence-electron chi connectivity index (χ1n) is 4.89. The molecular weight excluding hydrogens is 194 g/mol. The summed E-state index contributed by atoms with van der Waals surface area (Å²) in [7, 11) is 1.56. The molecule has 15 heavy (non-hydrogen) atoms. The van der Waals surface area contributed by atoms with E-state index in [0.717, 1.165) is 6.54 Å². The van der Waals surface area contributed by atoms with Crippen molar-refractivity contribution in [1.82, 2.24) is 4.98 Å². The fourth-order valence-corrected chi connectivity index (χ4v) is 1.34. The van der Waals surface area contributed by atoms with Crippen LogP contribution in [0.15, 0.2) is 12.1 Å². The zero-order valence-corrected chi connectivity index (χ0v) is 9.10. The van der Waals surface area contributed by atoms with Crippen molar-refractivity contribution >= 4 is 11.5 Å². The van der Waals surface area contributed by atoms with Gasteiger partial charge in [-0.15, -0.1) is 0 Å². The molecule has 1 rings (SSSR count). The highest BCUT2D eigenvalue weighted by atomic mass is 16.5. The Bertz CT molecular complexity index is 318. The summed E-state index contributed by atoms with van der Waals surface area (Å²) in [4.78, 5) is 6.15. The Hall–Kier alpha value is -1.49. The Morgan fingerprint density at radius 2 is 2.27 bits per heavy atom. The van der Waals surface area contributed by atoms with E-state index in [2.05, 4.69) is 4.98 Å². The molecule has 0 aliphatic heterocycles. The normalized spacial score (nSPS) is 10.1. The number of nitrogens with two attached hydrogens (primary N) is 1. The van der Waals surface area contributed by atoms with Crippen LogP contribution >= 0.6 is 0 Å². The summed E-state index contributed by atoms with van der Waals surface area (Å²) in [6.45, 7) is 3.31. The van der Waals surface area contributed by atoms with E-state index < -0.39 is 0 Å². The van der Waals surface area contributed by atoms with E-state index in [0.29, 0.717) is 23.9 Å². The lowest BCUT2D eigenvalue weighted by Crippen LogP contribution is -2.28. The van der Waals surface area contributed by atoms with Gasteiger partial charge in [-0.2, -0.15) is 4.98 Å². The molecule has 0 unspecified atom stereocenters. The fraction of sp³-hybridized carbons (Fsp3) is 0.500. The highest BCUT2D eigenvalue weighted by Gasteiger charge is 2.10. The number of nitrogens with zero attached hydrogens (tertiary/aromatic N) is 2. The van der Waals surface area contributed by atoms with E-state index in [-0.39, 0.29) is 6.61 Å². The first kappa shape index (κ1) is 11.6. The molecule has 5 heteroatoms. The van der Waals surface area contributed by atoms with Crippen molar-refractivity contribution in [3.8, 4) is 5.88 Å². The molecule has 0 radical (unpaired) electrons. The quantitative estimate of drug-likeness (QED) is 0.741. The minimum Gasteiger partial charge on any atom is -0.481 e. The smallest absolute Gasteiger partial charge is 0.215 e. The molecule has 0 aliphatic rings. The topological polar surface area (TPSA) is 71.6 Å². The van der Waals surface area contributed by atoms with Crippen molar-refractivity contribution in [3.05, 3.63) is 12.1 Å². The van der Waals surface area contributed by atoms with Gasteiger partial charge < -0.3 is 20.5 Å². The molecule has 0 bridgehead atoms. The number of hydrogen-bond donors (Lipinski definition) is 2. The summed E-state index contributed by atoms with van der Waals surface area (Å²) in [6.07, 6.45) is 0. The first-order chi connectivity index (χ1) is 7.22. The largest absolute Gasteiger partial charge is 0.481 e. The molecule has 84 valence electrons. The summed E-state index contributed by atoms with van der Waals surface area (Å²) in [6, 6.07) is 3.47. The van der Waals surface area contributed by atoms with Crippen molar-refractivity contribution < 1.29 is 9.84 Å². The minimum absolute atomic E-state index is 0.0756. The number of nitrogen functional groups attached to an aromatic ring is 1. The lowest BCUT2D eigenvalue weighted by Gasteiger charge is -2.22. The van der Waals surface area contributed by atoms with Gasteiger partial charge in [0.05, 0.1) is 19.4 Å². The van der Waals surface area contributed by atoms with Crippen LogP contribution in [-0.2, 0) is 0 Å². The molecule has 0 aromatic carbocycles. The average Bonchev–Trinajstić information content (AvgIpc) is 2.27. The molecule has 0 saturated carbocycles. The number of ether oxygens (including phenoxy) is 1. The van der Waals surface area contributed by atoms with E-state index in [4.69, 9.17) is 15.6 Å². The number of rotatable bonds is 5. The van der Waals surface area contributed by atoms with Crippen molar-refractivity contribution in [2.45, 2.75) is 6.92 Å². The van der Waals surface area contributed by atoms with Gasteiger partial charge in [0.2, 0.25) is 5.88 Å². The van der Waals surface area contributed by atoms with Crippen molar-refractivity contribution in [3.63, 3.8) is 0 Å². The second-order valence-corrected chi connectivity index (χ2v) is 3.07. The molecule has 3 N–H and O–H groups in total. The Morgan fingerprint density at radius 3 is 2.80 bits per heavy atom. The van der Waals surface area contributed by atoms with Gasteiger partial charge in [-0.1, -0.05) is 0 Å². The van der Waals surface area contributed by atoms with Crippen LogP contribution in [0.2, 0.25) is 0 Å². The molecule has 0 spiro atoms. The van der Waals surface area contributed by atoms with Gasteiger partial charge in [-0.25, -0.2) is 0 Å². The third-order valence-electron chi connectivity index (χ3n) is 2.14. The number of likely N-dealkylation sites (N-methyl/N-ethyl adjacent to an activating group) is 1. The summed E-state index contributed by atoms with van der Waals surface area (Å²) < 4.78 is 5.03. The predicted octanol–water partition coefficient (Wildman–Crippen LogP) is 0.491. The molecule has 5 nitrogen and oxygen atoms in total. The van der Waals surface area contributed by atoms with Gasteiger partial charge in [0.15, 0.2) is 5.82 Å². The van der Waals surface area contributed by atoms with Gasteiger partial charge in [-0.05, 0) is 13.0 Å². The van der Waals surface area contributed by atoms with Crippen LogP contribution in [0, 0.1) is 0 Å². The summed E-state index contributed by atoms with van der Waals surface area (Å²) in [5, 5.41) is 8.90. The molecule has 1 aromatic heterocycles. The summed E-state index contributed by atoms with van der Waals surface area (Å²) in [5.41, 5.74) is 6.40. The van der Waals surface area contributed by atoms with E-state index in [1.807, 2.05) is 11.8 Å². The number of aromatic nitrogens is 1. The SMILES string of the molecule is CCN(CCO)c1nc(OC)ccc1N. The lowest BCUT2D eigenvalue weighted by atomic mass is 10.3. The number of aliphatic hydroxyl groups excluding tert-OH is 1. The molecule has 0 atom stereocenters. The van der Waals surface area contributed by atoms with Crippen molar-refractivity contribution in [2.75, 3.05) is 37.4 Å². The number of methoxy groups -OCH3 is 1. The van der Waals surface area contributed by atoms with E-state index in [1.165, 1.54) is 0 Å². The maximum atomic E-state index is 8.90. The van der Waals surface area contributed by atoms with Crippen LogP contribution in [0.25, 0.3) is 0 Å². The van der Waals surface area contributed by atoms with Crippen molar-refractivity contribution in [1.29, 1.82) is 0 Å². The molecular formula is C10H17N3O2. The van der Waals surface area contributed by atoms with Gasteiger partial charge in [0, 0.05) is 19.2 Å². The van der Waals surface area contributed by atoms with Gasteiger partial charge in [-0.3, -0.25) is 0 Å². The van der Waals surface area contributed by atoms with Crippen LogP contribution in [0.5, 0.6) is 5.88 Å². The standard InChI is InChI=1S/C10H17N3O2/c1-3-13(6-7-14)10-8(11)4-5-9(12-10)15-2/h4-5,14H,3,6-7,11H2,1-2H3. The van der Waals surface area contributed by atoms with E-state index in [9.17, 15) is 0 Å². The number of aliphatic hydroxyl groups is 1. The van der Waals surface area contributed by atoms with Crippen LogP contribution in [-0.4, -0.2) is 36.9 Å². The second kappa shape index (κ2) is 5.41. The average molecular weight is 211 g/mol. The Labute approximate surface area is 89.5 Å². The maximum Gasteiger partial charge on any atom is 0.215 e. The summed E-state index contributed by atoms with van der Waals surface area (Å²) in [5.74, 6) is 1.18. The lowest BCUT2D eigenvalue weighted by molar-refractivity contribution is 0.302. The Morgan fingerprint density at radius 1 is 1.53 bits per heavy atom. The third kappa shape index (κ3) is 2.73. The van der Waals surface area contributed by atoms with Crippen molar-refractivity contribution in [2.24, 2.45) is 0 Å². The Balaban J connectivity index is 2.98. The molecule has 0 amide bonds. The highest BCUT2D eigenvalue weighted by molar-refractivity contribution is 5.63. The molecule has 0 aliphatic carbocycles. The van der Waals surface area contributed by atoms with Crippen LogP contribution in [0.4, 0.5) is 11.5 Å². The molecule has 0 fully saturated rings. The van der Waals surface area contributed by atoms with Crippen LogP contribution in [0.1, 0.15) is 6.92 Å². The van der Waals surface area contributed by atoms with Gasteiger partial charge in [0.1, 0.15) is 0 Å². The number of anilines is 2. The third-order valence-corrected chi connectivity index (χ3v) is 2.14. The predicted molar refractivity (Wildman–Crippen MR) is 60.2 cm³/mol. The first-order valence-corrected chi connectivity index (χ1v) is 4.89. The van der Waals surface area contributed by atoms with Crippen LogP contribution in [0.3, 0.4) is 0 Å². The van der Waals surface area contributed by atoms with E-state index in [1.54, 1.807) is 19.2 Å². The van der Waals surface area contributed by atoms with E-state index >= 15 is 0 Å². The molecule has 1 aromatic rings. The zero-order chi connectivity index (χ0) is 11.3. The maximum absolute atomic E-state index is 8.90. The molecule has 1 heterocycles. The summed E-state index contributed by atoms with van der Waals surface area (Å²) >= 11 is 0. The number of hydrogen-bond acceptors (Lipinski definition) is 5. The monoisotopic (exact) mass is 211 g/mol. The van der Waals surface area contributed by atoms with Crippen LogP contribution < -0.4 is 15.4 Å². The number of pyridine rings is 1. The Kier molecular flexibility index (Phi) is 4.17. The zero-order valence-electron chi connectivity index (χ0n) is 9.10. The second-order valence-electron chi connectivity index (χ2n) is 3.07. The van der Waals surface area contributed by atoms with Gasteiger partial charge in [0.25, 0.3) is 0 Å². The highest BCUT2D eigenvalue weighted by Crippen LogP contribution is 2.23.